The Morgan fingerprint density at radius 2 is 1.86 bits per heavy atom. The van der Waals surface area contributed by atoms with Crippen LogP contribution in [0.15, 0.2) is 66.2 Å². The van der Waals surface area contributed by atoms with Crippen LogP contribution in [0.2, 0.25) is 0 Å². The maximum atomic E-state index is 13.0. The average Bonchev–Trinajstić information content (AvgIpc) is 3.21. The first-order valence-electron chi connectivity index (χ1n) is 9.40. The van der Waals surface area contributed by atoms with Gasteiger partial charge in [-0.1, -0.05) is 36.4 Å². The molecule has 6 nitrogen and oxygen atoms in total. The van der Waals surface area contributed by atoms with Crippen LogP contribution in [0.5, 0.6) is 0 Å². The number of guanidine groups is 1. The summed E-state index contributed by atoms with van der Waals surface area (Å²) in [6.07, 6.45) is 4.05. The van der Waals surface area contributed by atoms with Crippen molar-refractivity contribution in [2.45, 2.75) is 26.4 Å². The van der Waals surface area contributed by atoms with Crippen molar-refractivity contribution < 1.29 is 4.39 Å². The summed E-state index contributed by atoms with van der Waals surface area (Å²) in [5.41, 5.74) is 3.38. The molecule has 0 bridgehead atoms. The summed E-state index contributed by atoms with van der Waals surface area (Å²) in [5, 5.41) is 10.7. The van der Waals surface area contributed by atoms with Gasteiger partial charge in [0.05, 0.1) is 13.1 Å². The molecule has 0 fully saturated rings. The quantitative estimate of drug-likeness (QED) is 0.278. The molecule has 0 aliphatic carbocycles. The standard InChI is InChI=1S/C21H25FN6.HI/c1-2-24-21(25-11-10-17-6-8-20(22)9-7-17)26-13-18-4-3-5-19(12-18)14-28-16-23-15-27-28;/h3-9,12,15-16H,2,10-11,13-14H2,1H3,(H2,24,25,26);1H. The lowest BCUT2D eigenvalue weighted by molar-refractivity contribution is 0.626. The van der Waals surface area contributed by atoms with E-state index in [0.717, 1.165) is 42.2 Å². The third kappa shape index (κ3) is 7.80. The van der Waals surface area contributed by atoms with Crippen molar-refractivity contribution in [3.63, 3.8) is 0 Å². The number of aromatic nitrogens is 3. The van der Waals surface area contributed by atoms with E-state index in [1.165, 1.54) is 18.5 Å². The summed E-state index contributed by atoms with van der Waals surface area (Å²) in [6.45, 7) is 4.82. The number of halogens is 2. The fourth-order valence-corrected chi connectivity index (χ4v) is 2.82. The third-order valence-electron chi connectivity index (χ3n) is 4.19. The van der Waals surface area contributed by atoms with Gasteiger partial charge in [-0.15, -0.1) is 24.0 Å². The smallest absolute Gasteiger partial charge is 0.191 e. The van der Waals surface area contributed by atoms with E-state index in [1.54, 1.807) is 11.0 Å². The Kier molecular flexibility index (Phi) is 9.55. The lowest BCUT2D eigenvalue weighted by Gasteiger charge is -2.11. The van der Waals surface area contributed by atoms with Gasteiger partial charge in [0.2, 0.25) is 0 Å². The van der Waals surface area contributed by atoms with Gasteiger partial charge in [0.15, 0.2) is 5.96 Å². The molecule has 0 atom stereocenters. The monoisotopic (exact) mass is 508 g/mol. The molecule has 2 aromatic carbocycles. The topological polar surface area (TPSA) is 67.1 Å². The normalized spacial score (nSPS) is 11.0. The minimum Gasteiger partial charge on any atom is -0.357 e. The molecule has 0 saturated heterocycles. The molecule has 29 heavy (non-hydrogen) atoms. The summed E-state index contributed by atoms with van der Waals surface area (Å²) in [6, 6.07) is 14.9. The first-order chi connectivity index (χ1) is 13.7. The van der Waals surface area contributed by atoms with Crippen LogP contribution in [0.1, 0.15) is 23.6 Å². The van der Waals surface area contributed by atoms with Gasteiger partial charge in [0.25, 0.3) is 0 Å². The summed E-state index contributed by atoms with van der Waals surface area (Å²) in [4.78, 5) is 8.64. The molecule has 0 aliphatic heterocycles. The number of rotatable bonds is 8. The Hall–Kier alpha value is -2.49. The van der Waals surface area contributed by atoms with Crippen molar-refractivity contribution in [1.29, 1.82) is 0 Å². The van der Waals surface area contributed by atoms with Crippen LogP contribution in [0.4, 0.5) is 4.39 Å². The van der Waals surface area contributed by atoms with Gasteiger partial charge in [0, 0.05) is 13.1 Å². The van der Waals surface area contributed by atoms with E-state index >= 15 is 0 Å². The first-order valence-corrected chi connectivity index (χ1v) is 9.40. The zero-order valence-corrected chi connectivity index (χ0v) is 18.7. The van der Waals surface area contributed by atoms with Gasteiger partial charge in [0.1, 0.15) is 18.5 Å². The minimum absolute atomic E-state index is 0. The third-order valence-corrected chi connectivity index (χ3v) is 4.19. The molecule has 1 aromatic heterocycles. The second-order valence-electron chi connectivity index (χ2n) is 6.41. The number of benzene rings is 2. The number of aliphatic imine (C=N–C) groups is 1. The Labute approximate surface area is 187 Å². The highest BCUT2D eigenvalue weighted by Crippen LogP contribution is 2.08. The fourth-order valence-electron chi connectivity index (χ4n) is 2.82. The molecule has 8 heteroatoms. The Morgan fingerprint density at radius 1 is 1.07 bits per heavy atom. The highest BCUT2D eigenvalue weighted by molar-refractivity contribution is 14.0. The van der Waals surface area contributed by atoms with E-state index < -0.39 is 0 Å². The maximum Gasteiger partial charge on any atom is 0.191 e. The number of hydrogen-bond acceptors (Lipinski definition) is 3. The summed E-state index contributed by atoms with van der Waals surface area (Å²) >= 11 is 0. The van der Waals surface area contributed by atoms with Crippen molar-refractivity contribution in [3.8, 4) is 0 Å². The molecule has 2 N–H and O–H groups in total. The molecule has 0 saturated carbocycles. The van der Waals surface area contributed by atoms with Crippen LogP contribution in [0, 0.1) is 5.82 Å². The minimum atomic E-state index is -0.210. The van der Waals surface area contributed by atoms with E-state index in [-0.39, 0.29) is 29.8 Å². The maximum absolute atomic E-state index is 13.0. The fraction of sp³-hybridized carbons (Fsp3) is 0.286. The molecule has 154 valence electrons. The molecule has 0 spiro atoms. The van der Waals surface area contributed by atoms with E-state index in [2.05, 4.69) is 43.9 Å². The molecule has 1 heterocycles. The van der Waals surface area contributed by atoms with Gasteiger partial charge in [-0.3, -0.25) is 0 Å². The van der Waals surface area contributed by atoms with Crippen molar-refractivity contribution >= 4 is 29.9 Å². The predicted octanol–water partition coefficient (Wildman–Crippen LogP) is 3.38. The van der Waals surface area contributed by atoms with Gasteiger partial charge in [-0.2, -0.15) is 5.10 Å². The highest BCUT2D eigenvalue weighted by Gasteiger charge is 2.01. The van der Waals surface area contributed by atoms with Gasteiger partial charge < -0.3 is 10.6 Å². The summed E-state index contributed by atoms with van der Waals surface area (Å²) < 4.78 is 14.8. The van der Waals surface area contributed by atoms with E-state index in [0.29, 0.717) is 13.1 Å². The summed E-state index contributed by atoms with van der Waals surface area (Å²) in [5.74, 6) is 0.559. The van der Waals surface area contributed by atoms with Crippen LogP contribution < -0.4 is 10.6 Å². The number of nitrogens with one attached hydrogen (secondary N) is 2. The molecular weight excluding hydrogens is 482 g/mol. The molecule has 0 radical (unpaired) electrons. The molecule has 0 unspecified atom stereocenters. The van der Waals surface area contributed by atoms with E-state index in [1.807, 2.05) is 25.1 Å². The van der Waals surface area contributed by atoms with Gasteiger partial charge in [-0.25, -0.2) is 19.0 Å². The Morgan fingerprint density at radius 3 is 2.59 bits per heavy atom. The Bertz CT molecular complexity index is 880. The van der Waals surface area contributed by atoms with Crippen molar-refractivity contribution in [1.82, 2.24) is 25.4 Å². The Balaban J connectivity index is 0.00000300. The average molecular weight is 508 g/mol. The second kappa shape index (κ2) is 12.2. The highest BCUT2D eigenvalue weighted by atomic mass is 127. The second-order valence-corrected chi connectivity index (χ2v) is 6.41. The molecular formula is C21H26FIN6. The lowest BCUT2D eigenvalue weighted by Crippen LogP contribution is -2.38. The van der Waals surface area contributed by atoms with Crippen LogP contribution in [0.25, 0.3) is 0 Å². The van der Waals surface area contributed by atoms with Gasteiger partial charge in [-0.05, 0) is 42.2 Å². The van der Waals surface area contributed by atoms with E-state index in [9.17, 15) is 4.39 Å². The predicted molar refractivity (Wildman–Crippen MR) is 124 cm³/mol. The first kappa shape index (κ1) is 22.8. The number of hydrogen-bond donors (Lipinski definition) is 2. The zero-order valence-electron chi connectivity index (χ0n) is 16.4. The van der Waals surface area contributed by atoms with Crippen LogP contribution in [-0.2, 0) is 19.5 Å². The zero-order chi connectivity index (χ0) is 19.6. The molecule has 0 amide bonds. The van der Waals surface area contributed by atoms with Crippen LogP contribution >= 0.6 is 24.0 Å². The lowest BCUT2D eigenvalue weighted by atomic mass is 10.1. The largest absolute Gasteiger partial charge is 0.357 e. The van der Waals surface area contributed by atoms with Crippen molar-refractivity contribution in [3.05, 3.63) is 83.7 Å². The van der Waals surface area contributed by atoms with Gasteiger partial charge >= 0.3 is 0 Å². The van der Waals surface area contributed by atoms with Crippen LogP contribution in [-0.4, -0.2) is 33.8 Å². The van der Waals surface area contributed by atoms with E-state index in [4.69, 9.17) is 0 Å². The SMILES string of the molecule is CCNC(=NCc1cccc(Cn2cncn2)c1)NCCc1ccc(F)cc1.I. The number of nitrogens with zero attached hydrogens (tertiary/aromatic N) is 4. The molecule has 3 rings (SSSR count). The summed E-state index contributed by atoms with van der Waals surface area (Å²) in [7, 11) is 0. The molecule has 3 aromatic rings. The van der Waals surface area contributed by atoms with Crippen molar-refractivity contribution in [2.75, 3.05) is 13.1 Å². The van der Waals surface area contributed by atoms with Crippen LogP contribution in [0.3, 0.4) is 0 Å². The van der Waals surface area contributed by atoms with Crippen molar-refractivity contribution in [2.24, 2.45) is 4.99 Å². The molecule has 0 aliphatic rings.